The van der Waals surface area contributed by atoms with Gasteiger partial charge in [-0.05, 0) is 32.2 Å². The fourth-order valence-corrected chi connectivity index (χ4v) is 2.74. The summed E-state index contributed by atoms with van der Waals surface area (Å²) in [5.74, 6) is 0.390. The second kappa shape index (κ2) is 8.64. The number of rotatable bonds is 7. The van der Waals surface area contributed by atoms with Crippen LogP contribution in [0.2, 0.25) is 5.02 Å². The number of carbonyl (C=O) groups excluding carboxylic acids is 1. The Kier molecular flexibility index (Phi) is 6.54. The average Bonchev–Trinajstić information content (AvgIpc) is 2.56. The molecule has 0 unspecified atom stereocenters. The summed E-state index contributed by atoms with van der Waals surface area (Å²) in [4.78, 5) is 24.6. The van der Waals surface area contributed by atoms with E-state index < -0.39 is 4.92 Å². The number of amides is 1. The van der Waals surface area contributed by atoms with Gasteiger partial charge in [0.2, 0.25) is 5.91 Å². The number of hydrogen-bond acceptors (Lipinski definition) is 5. The standard InChI is InChI=1S/C18H20ClN3O4/c1-12-4-7-17(26-3)13(8-12)10-21(2)11-18(23)20-15-6-5-14(19)9-16(15)22(24)25/h4-9H,10-11H2,1-3H3,(H,20,23). The number of benzene rings is 2. The molecule has 0 radical (unpaired) electrons. The summed E-state index contributed by atoms with van der Waals surface area (Å²) in [7, 11) is 3.39. The molecule has 0 saturated carbocycles. The molecule has 0 heterocycles. The molecule has 1 amide bonds. The van der Waals surface area contributed by atoms with E-state index in [1.54, 1.807) is 19.1 Å². The molecule has 26 heavy (non-hydrogen) atoms. The van der Waals surface area contributed by atoms with Crippen LogP contribution >= 0.6 is 11.6 Å². The molecule has 2 aromatic carbocycles. The van der Waals surface area contributed by atoms with Gasteiger partial charge >= 0.3 is 0 Å². The molecule has 7 nitrogen and oxygen atoms in total. The highest BCUT2D eigenvalue weighted by Crippen LogP contribution is 2.27. The monoisotopic (exact) mass is 377 g/mol. The van der Waals surface area contributed by atoms with E-state index in [0.29, 0.717) is 6.54 Å². The number of likely N-dealkylation sites (N-methyl/N-ethyl adjacent to an activating group) is 1. The number of anilines is 1. The fourth-order valence-electron chi connectivity index (χ4n) is 2.57. The molecular weight excluding hydrogens is 358 g/mol. The van der Waals surface area contributed by atoms with Gasteiger partial charge in [-0.2, -0.15) is 0 Å². The first kappa shape index (κ1) is 19.7. The van der Waals surface area contributed by atoms with Crippen molar-refractivity contribution in [1.82, 2.24) is 4.90 Å². The van der Waals surface area contributed by atoms with Crippen LogP contribution in [0.25, 0.3) is 0 Å². The Morgan fingerprint density at radius 2 is 2.04 bits per heavy atom. The lowest BCUT2D eigenvalue weighted by molar-refractivity contribution is -0.383. The van der Waals surface area contributed by atoms with Crippen LogP contribution in [0.4, 0.5) is 11.4 Å². The molecule has 138 valence electrons. The van der Waals surface area contributed by atoms with Gasteiger partial charge < -0.3 is 10.1 Å². The maximum absolute atomic E-state index is 12.3. The van der Waals surface area contributed by atoms with Crippen LogP contribution in [-0.4, -0.2) is 36.4 Å². The third-order valence-corrected chi connectivity index (χ3v) is 3.96. The SMILES string of the molecule is COc1ccc(C)cc1CN(C)CC(=O)Nc1ccc(Cl)cc1[N+](=O)[O-]. The predicted molar refractivity (Wildman–Crippen MR) is 101 cm³/mol. The first-order valence-corrected chi connectivity index (χ1v) is 8.24. The molecule has 0 aliphatic rings. The molecule has 1 N–H and O–H groups in total. The molecule has 0 atom stereocenters. The van der Waals surface area contributed by atoms with Gasteiger partial charge in [0, 0.05) is 23.2 Å². The van der Waals surface area contributed by atoms with E-state index in [1.807, 2.05) is 25.1 Å². The van der Waals surface area contributed by atoms with E-state index in [9.17, 15) is 14.9 Å². The van der Waals surface area contributed by atoms with Crippen molar-refractivity contribution in [3.63, 3.8) is 0 Å². The van der Waals surface area contributed by atoms with Crippen LogP contribution in [0, 0.1) is 17.0 Å². The predicted octanol–water partition coefficient (Wildman–Crippen LogP) is 3.64. The number of hydrogen-bond donors (Lipinski definition) is 1. The number of aryl methyl sites for hydroxylation is 1. The number of carbonyl (C=O) groups is 1. The van der Waals surface area contributed by atoms with Gasteiger partial charge in [0.1, 0.15) is 11.4 Å². The van der Waals surface area contributed by atoms with Crippen molar-refractivity contribution in [1.29, 1.82) is 0 Å². The third kappa shape index (κ3) is 5.18. The number of ether oxygens (including phenoxy) is 1. The summed E-state index contributed by atoms with van der Waals surface area (Å²) < 4.78 is 5.34. The van der Waals surface area contributed by atoms with Crippen molar-refractivity contribution >= 4 is 28.9 Å². The molecule has 8 heteroatoms. The van der Waals surface area contributed by atoms with E-state index in [-0.39, 0.29) is 28.8 Å². The minimum absolute atomic E-state index is 0.0663. The number of methoxy groups -OCH3 is 1. The summed E-state index contributed by atoms with van der Waals surface area (Å²) in [6, 6.07) is 9.95. The molecule has 0 bridgehead atoms. The maximum atomic E-state index is 12.3. The zero-order chi connectivity index (χ0) is 19.3. The van der Waals surface area contributed by atoms with Crippen LogP contribution in [0.5, 0.6) is 5.75 Å². The zero-order valence-electron chi connectivity index (χ0n) is 14.8. The normalized spacial score (nSPS) is 10.7. The molecule has 0 aliphatic heterocycles. The highest BCUT2D eigenvalue weighted by atomic mass is 35.5. The Balaban J connectivity index is 2.04. The number of nitro groups is 1. The first-order chi connectivity index (χ1) is 12.3. The van der Waals surface area contributed by atoms with Gasteiger partial charge in [0.05, 0.1) is 18.6 Å². The van der Waals surface area contributed by atoms with Gasteiger partial charge in [-0.1, -0.05) is 29.3 Å². The van der Waals surface area contributed by atoms with E-state index in [0.717, 1.165) is 16.9 Å². The van der Waals surface area contributed by atoms with Crippen molar-refractivity contribution in [2.45, 2.75) is 13.5 Å². The minimum atomic E-state index is -0.581. The average molecular weight is 378 g/mol. The first-order valence-electron chi connectivity index (χ1n) is 7.86. The van der Waals surface area contributed by atoms with Gasteiger partial charge in [0.25, 0.3) is 5.69 Å². The Morgan fingerprint density at radius 3 is 2.69 bits per heavy atom. The fraction of sp³-hybridized carbons (Fsp3) is 0.278. The lowest BCUT2D eigenvalue weighted by Crippen LogP contribution is -2.30. The van der Waals surface area contributed by atoms with E-state index in [1.165, 1.54) is 18.2 Å². The van der Waals surface area contributed by atoms with Crippen LogP contribution < -0.4 is 10.1 Å². The summed E-state index contributed by atoms with van der Waals surface area (Å²) in [5.41, 5.74) is 1.93. The summed E-state index contributed by atoms with van der Waals surface area (Å²) in [6.07, 6.45) is 0. The van der Waals surface area contributed by atoms with Crippen molar-refractivity contribution in [2.75, 3.05) is 26.0 Å². The van der Waals surface area contributed by atoms with Crippen LogP contribution in [-0.2, 0) is 11.3 Å². The van der Waals surface area contributed by atoms with E-state index in [2.05, 4.69) is 5.32 Å². The second-order valence-electron chi connectivity index (χ2n) is 5.95. The Labute approximate surface area is 156 Å². The topological polar surface area (TPSA) is 84.7 Å². The lowest BCUT2D eigenvalue weighted by atomic mass is 10.1. The highest BCUT2D eigenvalue weighted by molar-refractivity contribution is 6.31. The van der Waals surface area contributed by atoms with E-state index in [4.69, 9.17) is 16.3 Å². The smallest absolute Gasteiger partial charge is 0.294 e. The van der Waals surface area contributed by atoms with Crippen molar-refractivity contribution in [3.05, 3.63) is 62.7 Å². The molecule has 0 spiro atoms. The van der Waals surface area contributed by atoms with Gasteiger partial charge in [-0.15, -0.1) is 0 Å². The van der Waals surface area contributed by atoms with Crippen molar-refractivity contribution in [2.24, 2.45) is 0 Å². The summed E-state index contributed by atoms with van der Waals surface area (Å²) in [5, 5.41) is 13.9. The van der Waals surface area contributed by atoms with E-state index >= 15 is 0 Å². The summed E-state index contributed by atoms with van der Waals surface area (Å²) in [6.45, 7) is 2.55. The Hall–Kier alpha value is -2.64. The molecule has 0 fully saturated rings. The molecule has 0 aromatic heterocycles. The van der Waals surface area contributed by atoms with Crippen LogP contribution in [0.1, 0.15) is 11.1 Å². The molecule has 0 saturated heterocycles. The quantitative estimate of drug-likeness (QED) is 0.588. The highest BCUT2D eigenvalue weighted by Gasteiger charge is 2.17. The minimum Gasteiger partial charge on any atom is -0.496 e. The largest absolute Gasteiger partial charge is 0.496 e. The molecule has 2 aromatic rings. The second-order valence-corrected chi connectivity index (χ2v) is 6.39. The number of nitrogens with zero attached hydrogens (tertiary/aromatic N) is 2. The molecule has 0 aliphatic carbocycles. The van der Waals surface area contributed by atoms with Gasteiger partial charge in [-0.3, -0.25) is 19.8 Å². The Morgan fingerprint density at radius 1 is 1.31 bits per heavy atom. The summed E-state index contributed by atoms with van der Waals surface area (Å²) >= 11 is 5.78. The van der Waals surface area contributed by atoms with Crippen molar-refractivity contribution < 1.29 is 14.5 Å². The van der Waals surface area contributed by atoms with Gasteiger partial charge in [-0.25, -0.2) is 0 Å². The third-order valence-electron chi connectivity index (χ3n) is 3.72. The van der Waals surface area contributed by atoms with Crippen LogP contribution in [0.15, 0.2) is 36.4 Å². The zero-order valence-corrected chi connectivity index (χ0v) is 15.5. The van der Waals surface area contributed by atoms with Crippen molar-refractivity contribution in [3.8, 4) is 5.75 Å². The maximum Gasteiger partial charge on any atom is 0.294 e. The molecular formula is C18H20ClN3O4. The number of nitrogens with one attached hydrogen (secondary N) is 1. The Bertz CT molecular complexity index is 826. The lowest BCUT2D eigenvalue weighted by Gasteiger charge is -2.18. The van der Waals surface area contributed by atoms with Gasteiger partial charge in [0.15, 0.2) is 0 Å². The number of halogens is 1. The van der Waals surface area contributed by atoms with Crippen LogP contribution in [0.3, 0.4) is 0 Å². The number of nitro benzene ring substituents is 1. The molecule has 2 rings (SSSR count).